The maximum atomic E-state index is 10.3. The summed E-state index contributed by atoms with van der Waals surface area (Å²) in [5.74, 6) is 0. The molecular weight excluding hydrogens is 176 g/mol. The molecule has 3 nitrogen and oxygen atoms in total. The summed E-state index contributed by atoms with van der Waals surface area (Å²) in [6.45, 7) is 4.09. The van der Waals surface area contributed by atoms with Crippen molar-refractivity contribution in [3.05, 3.63) is 18.0 Å². The molecule has 0 saturated heterocycles. The molecule has 1 atom stereocenters. The third kappa shape index (κ3) is 1.57. The third-order valence-corrected chi connectivity index (χ3v) is 3.61. The zero-order chi connectivity index (χ0) is 10.4. The highest BCUT2D eigenvalue weighted by atomic mass is 16.3. The minimum Gasteiger partial charge on any atom is -0.389 e. The Balaban J connectivity index is 2.10. The lowest BCUT2D eigenvalue weighted by Gasteiger charge is -2.30. The quantitative estimate of drug-likeness (QED) is 0.792. The second kappa shape index (κ2) is 2.83. The van der Waals surface area contributed by atoms with Crippen molar-refractivity contribution in [1.29, 1.82) is 0 Å². The summed E-state index contributed by atoms with van der Waals surface area (Å²) in [5, 5.41) is 14.4. The zero-order valence-electron chi connectivity index (χ0n) is 9.12. The topological polar surface area (TPSA) is 38.0 Å². The molecule has 0 amide bonds. The van der Waals surface area contributed by atoms with Gasteiger partial charge in [-0.25, -0.2) is 0 Å². The summed E-state index contributed by atoms with van der Waals surface area (Å²) >= 11 is 0. The largest absolute Gasteiger partial charge is 0.389 e. The molecule has 1 N–H and O–H groups in total. The van der Waals surface area contributed by atoms with Crippen molar-refractivity contribution in [2.45, 2.75) is 38.7 Å². The van der Waals surface area contributed by atoms with Gasteiger partial charge >= 0.3 is 0 Å². The molecule has 14 heavy (non-hydrogen) atoms. The fourth-order valence-corrected chi connectivity index (χ4v) is 1.90. The van der Waals surface area contributed by atoms with E-state index in [1.807, 2.05) is 26.4 Å². The Hall–Kier alpha value is -0.830. The smallest absolute Gasteiger partial charge is 0.0714 e. The van der Waals surface area contributed by atoms with E-state index < -0.39 is 5.60 Å². The van der Waals surface area contributed by atoms with E-state index in [2.05, 4.69) is 12.0 Å². The van der Waals surface area contributed by atoms with Crippen LogP contribution in [0, 0.1) is 5.41 Å². The van der Waals surface area contributed by atoms with E-state index in [1.165, 1.54) is 0 Å². The van der Waals surface area contributed by atoms with Gasteiger partial charge in [0.1, 0.15) is 0 Å². The molecule has 1 aliphatic carbocycles. The molecule has 0 spiro atoms. The lowest BCUT2D eigenvalue weighted by atomic mass is 9.83. The Kier molecular flexibility index (Phi) is 1.96. The molecule has 1 aromatic rings. The first-order chi connectivity index (χ1) is 6.43. The van der Waals surface area contributed by atoms with Gasteiger partial charge in [0.2, 0.25) is 0 Å². The van der Waals surface area contributed by atoms with Gasteiger partial charge in [-0.05, 0) is 30.7 Å². The van der Waals surface area contributed by atoms with Crippen LogP contribution < -0.4 is 0 Å². The predicted octanol–water partition coefficient (Wildman–Crippen LogP) is 1.51. The molecule has 0 radical (unpaired) electrons. The Morgan fingerprint density at radius 1 is 1.64 bits per heavy atom. The van der Waals surface area contributed by atoms with Crippen molar-refractivity contribution in [2.75, 3.05) is 0 Å². The van der Waals surface area contributed by atoms with E-state index in [0.717, 1.165) is 18.4 Å². The summed E-state index contributed by atoms with van der Waals surface area (Å²) in [6, 6.07) is 0. The van der Waals surface area contributed by atoms with Crippen molar-refractivity contribution in [1.82, 2.24) is 9.78 Å². The number of hydrogen-bond donors (Lipinski definition) is 1. The van der Waals surface area contributed by atoms with Crippen LogP contribution in [-0.4, -0.2) is 20.5 Å². The molecule has 1 saturated carbocycles. The standard InChI is InChI=1S/C11H18N2O/c1-10(4-5-10)11(2,14)6-9-7-12-13(3)8-9/h7-8,14H,4-6H2,1-3H3. The number of aromatic nitrogens is 2. The van der Waals surface area contributed by atoms with Gasteiger partial charge in [0.25, 0.3) is 0 Å². The lowest BCUT2D eigenvalue weighted by molar-refractivity contribution is -0.00703. The fraction of sp³-hybridized carbons (Fsp3) is 0.727. The molecule has 1 unspecified atom stereocenters. The van der Waals surface area contributed by atoms with Gasteiger partial charge in [-0.1, -0.05) is 6.92 Å². The van der Waals surface area contributed by atoms with Crippen LogP contribution in [0.15, 0.2) is 12.4 Å². The normalized spacial score (nSPS) is 23.1. The molecule has 1 heterocycles. The Morgan fingerprint density at radius 2 is 2.29 bits per heavy atom. The fourth-order valence-electron chi connectivity index (χ4n) is 1.90. The van der Waals surface area contributed by atoms with Gasteiger partial charge in [0, 0.05) is 19.7 Å². The zero-order valence-corrected chi connectivity index (χ0v) is 9.12. The average molecular weight is 194 g/mol. The van der Waals surface area contributed by atoms with E-state index in [0.29, 0.717) is 6.42 Å². The minimum atomic E-state index is -0.587. The van der Waals surface area contributed by atoms with Crippen LogP contribution >= 0.6 is 0 Å². The summed E-state index contributed by atoms with van der Waals surface area (Å²) in [7, 11) is 1.90. The van der Waals surface area contributed by atoms with Crippen LogP contribution in [-0.2, 0) is 13.5 Å². The molecule has 1 aliphatic rings. The van der Waals surface area contributed by atoms with Crippen LogP contribution in [0.1, 0.15) is 32.3 Å². The molecule has 0 bridgehead atoms. The summed E-state index contributed by atoms with van der Waals surface area (Å²) in [4.78, 5) is 0. The van der Waals surface area contributed by atoms with E-state index in [1.54, 1.807) is 4.68 Å². The van der Waals surface area contributed by atoms with Crippen molar-refractivity contribution in [3.8, 4) is 0 Å². The molecular formula is C11H18N2O. The van der Waals surface area contributed by atoms with Crippen molar-refractivity contribution in [3.63, 3.8) is 0 Å². The van der Waals surface area contributed by atoms with Crippen molar-refractivity contribution >= 4 is 0 Å². The highest BCUT2D eigenvalue weighted by molar-refractivity contribution is 5.13. The van der Waals surface area contributed by atoms with Gasteiger partial charge in [-0.2, -0.15) is 5.10 Å². The number of hydrogen-bond acceptors (Lipinski definition) is 2. The second-order valence-corrected chi connectivity index (χ2v) is 5.03. The number of aliphatic hydroxyl groups is 1. The monoisotopic (exact) mass is 194 g/mol. The first-order valence-electron chi connectivity index (χ1n) is 5.13. The Bertz CT molecular complexity index is 337. The highest BCUT2D eigenvalue weighted by Gasteiger charge is 2.51. The van der Waals surface area contributed by atoms with Crippen LogP contribution in [0.4, 0.5) is 0 Å². The molecule has 1 fully saturated rings. The van der Waals surface area contributed by atoms with Crippen molar-refractivity contribution in [2.24, 2.45) is 12.5 Å². The first-order valence-corrected chi connectivity index (χ1v) is 5.13. The van der Waals surface area contributed by atoms with E-state index in [-0.39, 0.29) is 5.41 Å². The van der Waals surface area contributed by atoms with E-state index in [9.17, 15) is 5.11 Å². The van der Waals surface area contributed by atoms with Gasteiger partial charge in [0.05, 0.1) is 11.8 Å². The van der Waals surface area contributed by atoms with Crippen molar-refractivity contribution < 1.29 is 5.11 Å². The number of aryl methyl sites for hydroxylation is 1. The van der Waals surface area contributed by atoms with Crippen LogP contribution in [0.2, 0.25) is 0 Å². The molecule has 1 aromatic heterocycles. The predicted molar refractivity (Wildman–Crippen MR) is 54.9 cm³/mol. The Morgan fingerprint density at radius 3 is 2.71 bits per heavy atom. The van der Waals surface area contributed by atoms with E-state index in [4.69, 9.17) is 0 Å². The van der Waals surface area contributed by atoms with Crippen LogP contribution in [0.5, 0.6) is 0 Å². The van der Waals surface area contributed by atoms with E-state index >= 15 is 0 Å². The molecule has 78 valence electrons. The summed E-state index contributed by atoms with van der Waals surface area (Å²) in [5.41, 5.74) is 0.657. The van der Waals surface area contributed by atoms with Crippen LogP contribution in [0.3, 0.4) is 0 Å². The SMILES string of the molecule is Cn1cc(CC(C)(O)C2(C)CC2)cn1. The van der Waals surface area contributed by atoms with Gasteiger partial charge < -0.3 is 5.11 Å². The van der Waals surface area contributed by atoms with Gasteiger partial charge in [-0.3, -0.25) is 4.68 Å². The summed E-state index contributed by atoms with van der Waals surface area (Å²) < 4.78 is 1.78. The molecule has 3 heteroatoms. The maximum absolute atomic E-state index is 10.3. The minimum absolute atomic E-state index is 0.128. The number of nitrogens with zero attached hydrogens (tertiary/aromatic N) is 2. The molecule has 0 aliphatic heterocycles. The Labute approximate surface area is 84.7 Å². The van der Waals surface area contributed by atoms with Crippen LogP contribution in [0.25, 0.3) is 0 Å². The molecule has 0 aromatic carbocycles. The third-order valence-electron chi connectivity index (χ3n) is 3.61. The number of rotatable bonds is 3. The maximum Gasteiger partial charge on any atom is 0.0714 e. The van der Waals surface area contributed by atoms with Gasteiger partial charge in [0.15, 0.2) is 0 Å². The first kappa shape index (κ1) is 9.71. The summed E-state index contributed by atoms with van der Waals surface area (Å²) in [6.07, 6.45) is 6.79. The lowest BCUT2D eigenvalue weighted by Crippen LogP contribution is -2.36. The average Bonchev–Trinajstić information content (AvgIpc) is 2.70. The molecule has 2 rings (SSSR count). The van der Waals surface area contributed by atoms with Gasteiger partial charge in [-0.15, -0.1) is 0 Å². The highest BCUT2D eigenvalue weighted by Crippen LogP contribution is 2.54. The second-order valence-electron chi connectivity index (χ2n) is 5.03.